The van der Waals surface area contributed by atoms with Gasteiger partial charge < -0.3 is 14.8 Å². The fourth-order valence-electron chi connectivity index (χ4n) is 2.80. The van der Waals surface area contributed by atoms with E-state index in [9.17, 15) is 4.79 Å². The van der Waals surface area contributed by atoms with Crippen molar-refractivity contribution in [1.29, 1.82) is 0 Å². The molecule has 112 valence electrons. The maximum absolute atomic E-state index is 12.5. The van der Waals surface area contributed by atoms with E-state index >= 15 is 0 Å². The number of urea groups is 1. The van der Waals surface area contributed by atoms with Crippen LogP contribution in [0.25, 0.3) is 0 Å². The second kappa shape index (κ2) is 5.85. The summed E-state index contributed by atoms with van der Waals surface area (Å²) in [5.74, 6) is 0.759. The Morgan fingerprint density at radius 3 is 3.10 bits per heavy atom. The van der Waals surface area contributed by atoms with Gasteiger partial charge in [0, 0.05) is 18.5 Å². The smallest absolute Gasteiger partial charge is 0.318 e. The summed E-state index contributed by atoms with van der Waals surface area (Å²) in [6.45, 7) is 2.73. The van der Waals surface area contributed by atoms with Crippen LogP contribution >= 0.6 is 11.3 Å². The van der Waals surface area contributed by atoms with Crippen LogP contribution in [-0.4, -0.2) is 32.2 Å². The van der Waals surface area contributed by atoms with Gasteiger partial charge in [0.1, 0.15) is 6.33 Å². The van der Waals surface area contributed by atoms with Gasteiger partial charge in [0.2, 0.25) is 0 Å². The van der Waals surface area contributed by atoms with Crippen LogP contribution in [-0.2, 0) is 7.05 Å². The highest BCUT2D eigenvalue weighted by atomic mass is 32.1. The van der Waals surface area contributed by atoms with Gasteiger partial charge in [-0.1, -0.05) is 6.07 Å². The number of hydrogen-bond acceptors (Lipinski definition) is 4. The molecule has 0 saturated carbocycles. The zero-order valence-corrected chi connectivity index (χ0v) is 13.0. The molecule has 0 spiro atoms. The lowest BCUT2D eigenvalue weighted by Gasteiger charge is -2.26. The summed E-state index contributed by atoms with van der Waals surface area (Å²) in [5, 5.41) is 13.0. The Morgan fingerprint density at radius 2 is 2.43 bits per heavy atom. The first-order chi connectivity index (χ1) is 10.2. The van der Waals surface area contributed by atoms with Gasteiger partial charge in [0.15, 0.2) is 5.82 Å². The molecule has 6 nitrogen and oxygen atoms in total. The molecular formula is C14H19N5OS. The van der Waals surface area contributed by atoms with Crippen LogP contribution in [0.15, 0.2) is 23.8 Å². The SMILES string of the molecule is C[C@@H](NC(=O)N1CCC[C@@H]1c1cccs1)c1nncn1C. The van der Waals surface area contributed by atoms with E-state index in [0.29, 0.717) is 0 Å². The van der Waals surface area contributed by atoms with Crippen molar-refractivity contribution in [2.45, 2.75) is 31.8 Å². The maximum atomic E-state index is 12.5. The quantitative estimate of drug-likeness (QED) is 0.947. The van der Waals surface area contributed by atoms with Crippen molar-refractivity contribution in [3.05, 3.63) is 34.5 Å². The molecule has 1 aliphatic rings. The Bertz CT molecular complexity index is 609. The minimum Gasteiger partial charge on any atom is -0.328 e. The van der Waals surface area contributed by atoms with Crippen LogP contribution in [0.2, 0.25) is 0 Å². The number of carbonyl (C=O) groups is 1. The van der Waals surface area contributed by atoms with Crippen LogP contribution in [0.3, 0.4) is 0 Å². The lowest BCUT2D eigenvalue weighted by molar-refractivity contribution is 0.190. The topological polar surface area (TPSA) is 63.1 Å². The van der Waals surface area contributed by atoms with E-state index < -0.39 is 0 Å². The maximum Gasteiger partial charge on any atom is 0.318 e. The largest absolute Gasteiger partial charge is 0.328 e. The molecule has 0 aromatic carbocycles. The van der Waals surface area contributed by atoms with Crippen molar-refractivity contribution in [2.24, 2.45) is 7.05 Å². The van der Waals surface area contributed by atoms with E-state index in [-0.39, 0.29) is 18.1 Å². The number of nitrogens with zero attached hydrogens (tertiary/aromatic N) is 4. The first kappa shape index (κ1) is 14.1. The lowest BCUT2D eigenvalue weighted by atomic mass is 10.2. The molecule has 1 N–H and O–H groups in total. The molecule has 2 amide bonds. The average molecular weight is 305 g/mol. The number of aryl methyl sites for hydroxylation is 1. The van der Waals surface area contributed by atoms with Crippen LogP contribution in [0, 0.1) is 0 Å². The van der Waals surface area contributed by atoms with E-state index in [4.69, 9.17) is 0 Å². The molecule has 3 rings (SSSR count). The Balaban J connectivity index is 1.69. The minimum atomic E-state index is -0.158. The summed E-state index contributed by atoms with van der Waals surface area (Å²) in [6, 6.07) is 4.16. The highest BCUT2D eigenvalue weighted by molar-refractivity contribution is 7.10. The molecule has 0 unspecified atom stereocenters. The number of thiophene rings is 1. The van der Waals surface area contributed by atoms with E-state index in [1.54, 1.807) is 17.7 Å². The van der Waals surface area contributed by atoms with E-state index in [2.05, 4.69) is 27.0 Å². The Kier molecular flexibility index (Phi) is 3.92. The standard InChI is InChI=1S/C14H19N5OS/c1-10(13-17-15-9-18(13)2)16-14(20)19-7-3-5-11(19)12-6-4-8-21-12/h4,6,8-11H,3,5,7H2,1-2H3,(H,16,20)/t10-,11-/m1/s1. The van der Waals surface area contributed by atoms with Crippen molar-refractivity contribution in [2.75, 3.05) is 6.54 Å². The summed E-state index contributed by atoms with van der Waals surface area (Å²) < 4.78 is 1.83. The van der Waals surface area contributed by atoms with Crippen LogP contribution in [0.5, 0.6) is 0 Å². The summed E-state index contributed by atoms with van der Waals surface area (Å²) in [4.78, 5) is 15.7. The monoisotopic (exact) mass is 305 g/mol. The summed E-state index contributed by atoms with van der Waals surface area (Å²) >= 11 is 1.71. The highest BCUT2D eigenvalue weighted by Gasteiger charge is 2.31. The van der Waals surface area contributed by atoms with E-state index in [1.165, 1.54) is 4.88 Å². The second-order valence-corrected chi connectivity index (χ2v) is 6.32. The number of nitrogens with one attached hydrogen (secondary N) is 1. The number of carbonyl (C=O) groups excluding carboxylic acids is 1. The fourth-order valence-corrected chi connectivity index (χ4v) is 3.68. The first-order valence-corrected chi connectivity index (χ1v) is 7.99. The zero-order valence-electron chi connectivity index (χ0n) is 12.2. The third-order valence-electron chi connectivity index (χ3n) is 3.86. The molecule has 1 fully saturated rings. The zero-order chi connectivity index (χ0) is 14.8. The minimum absolute atomic E-state index is 0.0265. The molecule has 0 radical (unpaired) electrons. The Morgan fingerprint density at radius 1 is 1.57 bits per heavy atom. The van der Waals surface area contributed by atoms with Crippen LogP contribution < -0.4 is 5.32 Å². The molecule has 0 bridgehead atoms. The molecule has 7 heteroatoms. The molecule has 1 aliphatic heterocycles. The van der Waals surface area contributed by atoms with Crippen molar-refractivity contribution in [3.8, 4) is 0 Å². The number of amides is 2. The molecular weight excluding hydrogens is 286 g/mol. The number of rotatable bonds is 3. The Labute approximate surface area is 127 Å². The molecule has 2 aromatic rings. The van der Waals surface area contributed by atoms with Crippen molar-refractivity contribution in [3.63, 3.8) is 0 Å². The van der Waals surface area contributed by atoms with Gasteiger partial charge in [0.05, 0.1) is 12.1 Å². The van der Waals surface area contributed by atoms with Gasteiger partial charge in [0.25, 0.3) is 0 Å². The van der Waals surface area contributed by atoms with Crippen molar-refractivity contribution >= 4 is 17.4 Å². The number of hydrogen-bond donors (Lipinski definition) is 1. The van der Waals surface area contributed by atoms with Gasteiger partial charge in [-0.3, -0.25) is 0 Å². The summed E-state index contributed by atoms with van der Waals surface area (Å²) in [5.41, 5.74) is 0. The predicted molar refractivity (Wildman–Crippen MR) is 80.9 cm³/mol. The second-order valence-electron chi connectivity index (χ2n) is 5.34. The van der Waals surface area contributed by atoms with Gasteiger partial charge >= 0.3 is 6.03 Å². The first-order valence-electron chi connectivity index (χ1n) is 7.11. The molecule has 2 atom stereocenters. The third kappa shape index (κ3) is 2.78. The summed E-state index contributed by atoms with van der Waals surface area (Å²) in [6.07, 6.45) is 3.73. The van der Waals surface area contributed by atoms with Gasteiger partial charge in [-0.25, -0.2) is 4.79 Å². The lowest BCUT2D eigenvalue weighted by Crippen LogP contribution is -2.41. The Hall–Kier alpha value is -1.89. The van der Waals surface area contributed by atoms with Crippen molar-refractivity contribution in [1.82, 2.24) is 25.0 Å². The fraction of sp³-hybridized carbons (Fsp3) is 0.500. The van der Waals surface area contributed by atoms with Gasteiger partial charge in [-0.05, 0) is 31.2 Å². The molecule has 2 aromatic heterocycles. The predicted octanol–water partition coefficient (Wildman–Crippen LogP) is 2.48. The molecule has 3 heterocycles. The third-order valence-corrected chi connectivity index (χ3v) is 4.83. The average Bonchev–Trinajstić information content (AvgIpc) is 3.19. The van der Waals surface area contributed by atoms with Gasteiger partial charge in [-0.15, -0.1) is 21.5 Å². The van der Waals surface area contributed by atoms with Gasteiger partial charge in [-0.2, -0.15) is 0 Å². The molecule has 0 aliphatic carbocycles. The van der Waals surface area contributed by atoms with Crippen molar-refractivity contribution < 1.29 is 4.79 Å². The molecule has 1 saturated heterocycles. The number of aromatic nitrogens is 3. The molecule has 21 heavy (non-hydrogen) atoms. The van der Waals surface area contributed by atoms with Crippen LogP contribution in [0.4, 0.5) is 4.79 Å². The number of likely N-dealkylation sites (tertiary alicyclic amines) is 1. The normalized spacial score (nSPS) is 19.7. The summed E-state index contributed by atoms with van der Waals surface area (Å²) in [7, 11) is 1.88. The van der Waals surface area contributed by atoms with E-state index in [1.807, 2.05) is 29.5 Å². The highest BCUT2D eigenvalue weighted by Crippen LogP contribution is 2.34. The van der Waals surface area contributed by atoms with Crippen LogP contribution in [0.1, 0.15) is 42.6 Å². The van der Waals surface area contributed by atoms with E-state index in [0.717, 1.165) is 25.2 Å².